The van der Waals surface area contributed by atoms with Crippen LogP contribution in [0.15, 0.2) is 59.0 Å². The number of fused-ring (bicyclic) bond motifs is 1. The predicted octanol–water partition coefficient (Wildman–Crippen LogP) is 5.04. The summed E-state index contributed by atoms with van der Waals surface area (Å²) in [5.41, 5.74) is 1.52. The monoisotopic (exact) mass is 340 g/mol. The molecule has 2 atom stereocenters. The smallest absolute Gasteiger partial charge is 0.318 e. The Bertz CT molecular complexity index is 857. The molecule has 0 aliphatic rings. The number of amides is 2. The lowest BCUT2D eigenvalue weighted by Gasteiger charge is -2.26. The van der Waals surface area contributed by atoms with E-state index in [1.165, 1.54) is 12.1 Å². The van der Waals surface area contributed by atoms with Gasteiger partial charge in [0.1, 0.15) is 17.2 Å². The first-order valence-electron chi connectivity index (χ1n) is 8.23. The molecule has 4 nitrogen and oxygen atoms in total. The van der Waals surface area contributed by atoms with E-state index in [0.717, 1.165) is 22.3 Å². The first kappa shape index (κ1) is 17.0. The van der Waals surface area contributed by atoms with Crippen LogP contribution in [0, 0.1) is 5.82 Å². The zero-order chi connectivity index (χ0) is 18.0. The highest BCUT2D eigenvalue weighted by Gasteiger charge is 2.22. The molecule has 2 aromatic carbocycles. The van der Waals surface area contributed by atoms with Crippen molar-refractivity contribution in [2.75, 3.05) is 7.05 Å². The van der Waals surface area contributed by atoms with Crippen LogP contribution in [0.25, 0.3) is 11.0 Å². The van der Waals surface area contributed by atoms with Gasteiger partial charge in [0.25, 0.3) is 0 Å². The van der Waals surface area contributed by atoms with Crippen LogP contribution in [0.4, 0.5) is 9.18 Å². The van der Waals surface area contributed by atoms with E-state index in [0.29, 0.717) is 0 Å². The summed E-state index contributed by atoms with van der Waals surface area (Å²) in [6.07, 6.45) is 0. The van der Waals surface area contributed by atoms with Gasteiger partial charge in [-0.05, 0) is 43.7 Å². The molecule has 0 radical (unpaired) electrons. The minimum absolute atomic E-state index is 0.230. The van der Waals surface area contributed by atoms with Gasteiger partial charge in [0.05, 0.1) is 12.1 Å². The number of carbonyl (C=O) groups is 1. The van der Waals surface area contributed by atoms with Gasteiger partial charge in [0.15, 0.2) is 0 Å². The Balaban J connectivity index is 1.70. The average Bonchev–Trinajstić information content (AvgIpc) is 3.04. The summed E-state index contributed by atoms with van der Waals surface area (Å²) in [5, 5.41) is 3.89. The summed E-state index contributed by atoms with van der Waals surface area (Å²) in [6, 6.07) is 15.1. The van der Waals surface area contributed by atoms with Crippen molar-refractivity contribution in [3.05, 3.63) is 71.7 Å². The quantitative estimate of drug-likeness (QED) is 0.723. The van der Waals surface area contributed by atoms with Crippen molar-refractivity contribution in [2.45, 2.75) is 25.9 Å². The molecule has 0 aliphatic carbocycles. The number of hydrogen-bond acceptors (Lipinski definition) is 2. The van der Waals surface area contributed by atoms with Crippen molar-refractivity contribution in [1.82, 2.24) is 10.2 Å². The van der Waals surface area contributed by atoms with E-state index in [1.54, 1.807) is 24.1 Å². The molecule has 0 fully saturated rings. The van der Waals surface area contributed by atoms with E-state index in [2.05, 4.69) is 5.32 Å². The van der Waals surface area contributed by atoms with Crippen LogP contribution in [0.3, 0.4) is 0 Å². The Morgan fingerprint density at radius 3 is 2.60 bits per heavy atom. The van der Waals surface area contributed by atoms with Gasteiger partial charge >= 0.3 is 6.03 Å². The van der Waals surface area contributed by atoms with Gasteiger partial charge < -0.3 is 14.6 Å². The molecule has 5 heteroatoms. The Morgan fingerprint density at radius 1 is 1.12 bits per heavy atom. The van der Waals surface area contributed by atoms with E-state index >= 15 is 0 Å². The van der Waals surface area contributed by atoms with Crippen LogP contribution in [-0.2, 0) is 0 Å². The molecular formula is C20H21FN2O2. The minimum atomic E-state index is -0.317. The second kappa shape index (κ2) is 6.97. The number of rotatable bonds is 4. The standard InChI is InChI=1S/C20H21FN2O2/c1-13(15-8-6-9-17(21)11-15)22-20(24)23(3)14(2)19-12-16-7-4-5-10-18(16)25-19/h4-14H,1-3H3,(H,22,24)/t13-,14-/m0/s1. The molecule has 0 unspecified atom stereocenters. The average molecular weight is 340 g/mol. The van der Waals surface area contributed by atoms with Crippen LogP contribution in [0.5, 0.6) is 0 Å². The van der Waals surface area contributed by atoms with Crippen LogP contribution in [0.1, 0.15) is 37.3 Å². The SMILES string of the molecule is C[C@H](NC(=O)N(C)[C@@H](C)c1cc2ccccc2o1)c1cccc(F)c1. The number of benzene rings is 2. The predicted molar refractivity (Wildman–Crippen MR) is 95.7 cm³/mol. The topological polar surface area (TPSA) is 45.5 Å². The largest absolute Gasteiger partial charge is 0.459 e. The van der Waals surface area contributed by atoms with Crippen molar-refractivity contribution in [3.8, 4) is 0 Å². The molecule has 1 N–H and O–H groups in total. The number of hydrogen-bond donors (Lipinski definition) is 1. The van der Waals surface area contributed by atoms with Gasteiger partial charge in [-0.25, -0.2) is 9.18 Å². The van der Waals surface area contributed by atoms with Crippen molar-refractivity contribution in [1.29, 1.82) is 0 Å². The molecule has 3 rings (SSSR count). The Labute approximate surface area is 146 Å². The summed E-state index contributed by atoms with van der Waals surface area (Å²) in [7, 11) is 1.71. The van der Waals surface area contributed by atoms with E-state index < -0.39 is 0 Å². The third-order valence-electron chi connectivity index (χ3n) is 4.45. The van der Waals surface area contributed by atoms with Crippen molar-refractivity contribution in [2.24, 2.45) is 0 Å². The highest BCUT2D eigenvalue weighted by Crippen LogP contribution is 2.27. The number of nitrogens with zero attached hydrogens (tertiary/aromatic N) is 1. The fraction of sp³-hybridized carbons (Fsp3) is 0.250. The molecule has 1 aromatic heterocycles. The van der Waals surface area contributed by atoms with E-state index in [9.17, 15) is 9.18 Å². The summed E-state index contributed by atoms with van der Waals surface area (Å²) >= 11 is 0. The van der Waals surface area contributed by atoms with Crippen molar-refractivity contribution in [3.63, 3.8) is 0 Å². The van der Waals surface area contributed by atoms with Gasteiger partial charge in [0, 0.05) is 12.4 Å². The molecule has 0 saturated carbocycles. The maximum Gasteiger partial charge on any atom is 0.318 e. The lowest BCUT2D eigenvalue weighted by Crippen LogP contribution is -2.39. The van der Waals surface area contributed by atoms with E-state index in [4.69, 9.17) is 4.42 Å². The molecule has 0 bridgehead atoms. The molecule has 2 amide bonds. The number of urea groups is 1. The minimum Gasteiger partial charge on any atom is -0.459 e. The summed E-state index contributed by atoms with van der Waals surface area (Å²) in [6.45, 7) is 3.73. The number of nitrogens with one attached hydrogen (secondary N) is 1. The van der Waals surface area contributed by atoms with Crippen LogP contribution in [0.2, 0.25) is 0 Å². The lowest BCUT2D eigenvalue weighted by atomic mass is 10.1. The van der Waals surface area contributed by atoms with Crippen LogP contribution < -0.4 is 5.32 Å². The van der Waals surface area contributed by atoms with Crippen molar-refractivity contribution >= 4 is 17.0 Å². The lowest BCUT2D eigenvalue weighted by molar-refractivity contribution is 0.185. The molecule has 0 spiro atoms. The molecule has 0 aliphatic heterocycles. The van der Waals surface area contributed by atoms with Gasteiger partial charge in [-0.3, -0.25) is 0 Å². The zero-order valence-corrected chi connectivity index (χ0v) is 14.5. The van der Waals surface area contributed by atoms with Crippen LogP contribution in [-0.4, -0.2) is 18.0 Å². The first-order valence-corrected chi connectivity index (χ1v) is 8.23. The van der Waals surface area contributed by atoms with Gasteiger partial charge in [-0.15, -0.1) is 0 Å². The van der Waals surface area contributed by atoms with E-state index in [1.807, 2.05) is 44.2 Å². The van der Waals surface area contributed by atoms with Gasteiger partial charge in [-0.1, -0.05) is 30.3 Å². The highest BCUT2D eigenvalue weighted by atomic mass is 19.1. The molecular weight excluding hydrogens is 319 g/mol. The molecule has 3 aromatic rings. The number of furan rings is 1. The van der Waals surface area contributed by atoms with E-state index in [-0.39, 0.29) is 23.9 Å². The maximum atomic E-state index is 13.3. The third kappa shape index (κ3) is 3.65. The van der Waals surface area contributed by atoms with Crippen LogP contribution >= 0.6 is 0 Å². The summed E-state index contributed by atoms with van der Waals surface area (Å²) in [5.74, 6) is 0.403. The summed E-state index contributed by atoms with van der Waals surface area (Å²) in [4.78, 5) is 14.1. The normalized spacial score (nSPS) is 13.4. The summed E-state index contributed by atoms with van der Waals surface area (Å²) < 4.78 is 19.2. The number of para-hydroxylation sites is 1. The molecule has 1 heterocycles. The first-order chi connectivity index (χ1) is 12.0. The fourth-order valence-corrected chi connectivity index (χ4v) is 2.72. The van der Waals surface area contributed by atoms with Gasteiger partial charge in [-0.2, -0.15) is 0 Å². The fourth-order valence-electron chi connectivity index (χ4n) is 2.72. The second-order valence-electron chi connectivity index (χ2n) is 6.20. The number of halogens is 1. The van der Waals surface area contributed by atoms with Crippen molar-refractivity contribution < 1.29 is 13.6 Å². The maximum absolute atomic E-state index is 13.3. The molecule has 130 valence electrons. The Kier molecular flexibility index (Phi) is 4.74. The Hall–Kier alpha value is -2.82. The Morgan fingerprint density at radius 2 is 1.88 bits per heavy atom. The zero-order valence-electron chi connectivity index (χ0n) is 14.5. The molecule has 0 saturated heterocycles. The highest BCUT2D eigenvalue weighted by molar-refractivity contribution is 5.78. The second-order valence-corrected chi connectivity index (χ2v) is 6.20. The number of carbonyl (C=O) groups excluding carboxylic acids is 1. The third-order valence-corrected chi connectivity index (χ3v) is 4.45. The van der Waals surface area contributed by atoms with Gasteiger partial charge in [0.2, 0.25) is 0 Å². The molecule has 25 heavy (non-hydrogen) atoms.